The van der Waals surface area contributed by atoms with Crippen molar-refractivity contribution < 1.29 is 0 Å². The zero-order chi connectivity index (χ0) is 14.6. The Balaban J connectivity index is 2.10. The number of rotatable bonds is 3. The summed E-state index contributed by atoms with van der Waals surface area (Å²) < 4.78 is 0. The summed E-state index contributed by atoms with van der Waals surface area (Å²) in [6.07, 6.45) is 1.64. The fourth-order valence-corrected chi connectivity index (χ4v) is 1.59. The second-order valence-electron chi connectivity index (χ2n) is 5.38. The largest absolute Gasteiger partial charge is 0.288 e. The quantitative estimate of drug-likeness (QED) is 0.660. The van der Waals surface area contributed by atoms with E-state index in [2.05, 4.69) is 25.7 Å². The predicted molar refractivity (Wildman–Crippen MR) is 79.0 cm³/mol. The molecule has 2 N–H and O–H groups in total. The van der Waals surface area contributed by atoms with Crippen molar-refractivity contribution in [1.29, 1.82) is 0 Å². The average Bonchev–Trinajstić information content (AvgIpc) is 2.38. The molecule has 0 bridgehead atoms. The molecule has 0 aliphatic carbocycles. The molecule has 6 nitrogen and oxygen atoms in total. The number of H-pyrrole nitrogens is 1. The number of benzene rings is 1. The van der Waals surface area contributed by atoms with Crippen LogP contribution >= 0.6 is 0 Å². The molecule has 6 heteroatoms. The summed E-state index contributed by atoms with van der Waals surface area (Å²) in [6.45, 7) is 5.73. The van der Waals surface area contributed by atoms with Gasteiger partial charge in [0, 0.05) is 5.41 Å². The van der Waals surface area contributed by atoms with Crippen LogP contribution in [0.5, 0.6) is 0 Å². The van der Waals surface area contributed by atoms with Crippen LogP contribution in [-0.4, -0.2) is 21.4 Å². The Morgan fingerprint density at radius 3 is 2.50 bits per heavy atom. The number of aromatic nitrogens is 3. The number of aromatic amines is 1. The molecule has 1 aromatic heterocycles. The Labute approximate surface area is 117 Å². The lowest BCUT2D eigenvalue weighted by Gasteiger charge is -2.15. The predicted octanol–water partition coefficient (Wildman–Crippen LogP) is 1.91. The van der Waals surface area contributed by atoms with Crippen LogP contribution in [0.1, 0.15) is 32.0 Å². The zero-order valence-corrected chi connectivity index (χ0v) is 11.7. The van der Waals surface area contributed by atoms with Gasteiger partial charge in [-0.15, -0.1) is 10.2 Å². The summed E-state index contributed by atoms with van der Waals surface area (Å²) in [6, 6.07) is 9.60. The Bertz CT molecular complexity index is 655. The Morgan fingerprint density at radius 1 is 1.20 bits per heavy atom. The molecule has 20 heavy (non-hydrogen) atoms. The molecule has 0 saturated carbocycles. The molecule has 1 aromatic carbocycles. The first-order valence-corrected chi connectivity index (χ1v) is 6.28. The first kappa shape index (κ1) is 13.9. The molecule has 0 fully saturated rings. The highest BCUT2D eigenvalue weighted by molar-refractivity contribution is 5.79. The zero-order valence-electron chi connectivity index (χ0n) is 11.7. The van der Waals surface area contributed by atoms with E-state index in [0.29, 0.717) is 5.69 Å². The van der Waals surface area contributed by atoms with Gasteiger partial charge in [-0.3, -0.25) is 9.78 Å². The number of nitrogens with one attached hydrogen (secondary N) is 2. The normalized spacial score (nSPS) is 11.8. The minimum absolute atomic E-state index is 0.218. The van der Waals surface area contributed by atoms with Gasteiger partial charge >= 0.3 is 0 Å². The lowest BCUT2D eigenvalue weighted by molar-refractivity contribution is 0.547. The van der Waals surface area contributed by atoms with Crippen molar-refractivity contribution in [2.45, 2.75) is 26.2 Å². The molecule has 0 aliphatic heterocycles. The van der Waals surface area contributed by atoms with Crippen molar-refractivity contribution in [3.05, 3.63) is 51.9 Å². The van der Waals surface area contributed by atoms with E-state index in [1.54, 1.807) is 6.21 Å². The monoisotopic (exact) mass is 271 g/mol. The summed E-state index contributed by atoms with van der Waals surface area (Å²) in [7, 11) is 0. The number of hydrogen-bond donors (Lipinski definition) is 2. The van der Waals surface area contributed by atoms with Crippen molar-refractivity contribution in [3.8, 4) is 0 Å². The van der Waals surface area contributed by atoms with Crippen LogP contribution in [0.15, 0.2) is 40.2 Å². The maximum atomic E-state index is 11.9. The maximum Gasteiger partial charge on any atom is 0.274 e. The van der Waals surface area contributed by atoms with Gasteiger partial charge in [-0.1, -0.05) is 51.1 Å². The van der Waals surface area contributed by atoms with E-state index < -0.39 is 0 Å². The van der Waals surface area contributed by atoms with Crippen LogP contribution in [0.4, 0.5) is 5.95 Å². The number of anilines is 1. The fraction of sp³-hybridized carbons (Fsp3) is 0.286. The van der Waals surface area contributed by atoms with E-state index in [1.165, 1.54) is 0 Å². The molecule has 0 unspecified atom stereocenters. The van der Waals surface area contributed by atoms with Crippen molar-refractivity contribution in [2.24, 2.45) is 5.10 Å². The number of hydrazone groups is 1. The lowest BCUT2D eigenvalue weighted by atomic mass is 9.93. The number of nitrogens with zero attached hydrogens (tertiary/aromatic N) is 3. The SMILES string of the molecule is CC(C)(C)c1nnc(N/N=C\c2ccccc2)[nH]c1=O. The molecule has 0 atom stereocenters. The lowest BCUT2D eigenvalue weighted by Crippen LogP contribution is -2.28. The maximum absolute atomic E-state index is 11.9. The molecule has 2 aromatic rings. The molecule has 0 saturated heterocycles. The van der Waals surface area contributed by atoms with Gasteiger partial charge in [-0.2, -0.15) is 5.10 Å². The van der Waals surface area contributed by atoms with Gasteiger partial charge in [0.05, 0.1) is 6.21 Å². The minimum Gasteiger partial charge on any atom is -0.288 e. The molecule has 0 aliphatic rings. The van der Waals surface area contributed by atoms with Gasteiger partial charge in [-0.05, 0) is 5.56 Å². The number of hydrogen-bond acceptors (Lipinski definition) is 5. The van der Waals surface area contributed by atoms with E-state index in [1.807, 2.05) is 51.1 Å². The van der Waals surface area contributed by atoms with E-state index in [9.17, 15) is 4.79 Å². The molecule has 0 spiro atoms. The minimum atomic E-state index is -0.341. The molecule has 1 heterocycles. The smallest absolute Gasteiger partial charge is 0.274 e. The highest BCUT2D eigenvalue weighted by Crippen LogP contribution is 2.15. The van der Waals surface area contributed by atoms with Gasteiger partial charge in [0.2, 0.25) is 5.95 Å². The van der Waals surface area contributed by atoms with Crippen LogP contribution in [-0.2, 0) is 5.41 Å². The molecular weight excluding hydrogens is 254 g/mol. The first-order valence-electron chi connectivity index (χ1n) is 6.28. The van der Waals surface area contributed by atoms with Crippen molar-refractivity contribution in [3.63, 3.8) is 0 Å². The summed E-state index contributed by atoms with van der Waals surface area (Å²) in [5, 5.41) is 11.8. The van der Waals surface area contributed by atoms with Crippen molar-refractivity contribution >= 4 is 12.2 Å². The standard InChI is InChI=1S/C14H17N5O/c1-14(2,3)11-12(20)16-13(19-17-11)18-15-9-10-7-5-4-6-8-10/h4-9H,1-3H3,(H2,16,18,19,20)/b15-9-. The fourth-order valence-electron chi connectivity index (χ4n) is 1.59. The third-order valence-electron chi connectivity index (χ3n) is 2.59. The van der Waals surface area contributed by atoms with Gasteiger partial charge in [-0.25, -0.2) is 5.43 Å². The summed E-state index contributed by atoms with van der Waals surface area (Å²) in [4.78, 5) is 14.5. The molecule has 0 radical (unpaired) electrons. The molecule has 104 valence electrons. The third kappa shape index (κ3) is 3.50. The van der Waals surface area contributed by atoms with E-state index >= 15 is 0 Å². The summed E-state index contributed by atoms with van der Waals surface area (Å²) >= 11 is 0. The van der Waals surface area contributed by atoms with Crippen LogP contribution < -0.4 is 11.0 Å². The van der Waals surface area contributed by atoms with Gasteiger partial charge in [0.25, 0.3) is 5.56 Å². The third-order valence-corrected chi connectivity index (χ3v) is 2.59. The van der Waals surface area contributed by atoms with Gasteiger partial charge < -0.3 is 0 Å². The van der Waals surface area contributed by atoms with Crippen LogP contribution in [0.25, 0.3) is 0 Å². The van der Waals surface area contributed by atoms with Gasteiger partial charge in [0.1, 0.15) is 5.69 Å². The van der Waals surface area contributed by atoms with Crippen LogP contribution in [0.3, 0.4) is 0 Å². The highest BCUT2D eigenvalue weighted by Gasteiger charge is 2.20. The van der Waals surface area contributed by atoms with E-state index in [-0.39, 0.29) is 16.9 Å². The molecule has 0 amide bonds. The first-order chi connectivity index (χ1) is 9.47. The summed E-state index contributed by atoms with van der Waals surface area (Å²) in [5.74, 6) is 0.218. The Hall–Kier alpha value is -2.50. The van der Waals surface area contributed by atoms with Crippen LogP contribution in [0.2, 0.25) is 0 Å². The van der Waals surface area contributed by atoms with Gasteiger partial charge in [0.15, 0.2) is 0 Å². The Kier molecular flexibility index (Phi) is 3.93. The van der Waals surface area contributed by atoms with Crippen molar-refractivity contribution in [2.75, 3.05) is 5.43 Å². The van der Waals surface area contributed by atoms with E-state index in [4.69, 9.17) is 0 Å². The molecule has 2 rings (SSSR count). The highest BCUT2D eigenvalue weighted by atomic mass is 16.1. The average molecular weight is 271 g/mol. The Morgan fingerprint density at radius 2 is 1.90 bits per heavy atom. The second kappa shape index (κ2) is 5.64. The van der Waals surface area contributed by atoms with Crippen LogP contribution in [0, 0.1) is 0 Å². The van der Waals surface area contributed by atoms with Crippen molar-refractivity contribution in [1.82, 2.24) is 15.2 Å². The topological polar surface area (TPSA) is 83.0 Å². The molecular formula is C14H17N5O. The second-order valence-corrected chi connectivity index (χ2v) is 5.38. The summed E-state index contributed by atoms with van der Waals surface area (Å²) in [5.41, 5.74) is 3.40. The van der Waals surface area contributed by atoms with E-state index in [0.717, 1.165) is 5.56 Å².